The second-order valence-corrected chi connectivity index (χ2v) is 16.2. The highest BCUT2D eigenvalue weighted by atomic mass is 16.5. The van der Waals surface area contributed by atoms with E-state index in [1.54, 1.807) is 7.05 Å². The monoisotopic (exact) mass is 776 g/mol. The Morgan fingerprint density at radius 2 is 0.909 bits per heavy atom. The lowest BCUT2D eigenvalue weighted by Crippen LogP contribution is -2.37. The van der Waals surface area contributed by atoms with Gasteiger partial charge in [-0.15, -0.1) is 0 Å². The van der Waals surface area contributed by atoms with E-state index in [1.165, 1.54) is 77.0 Å². The summed E-state index contributed by atoms with van der Waals surface area (Å²) in [7, 11) is 1.67. The number of esters is 2. The standard InChI is InChI=1S/C46H85N3O6/c1-6-10-20-29-40(30-21-11-7-2)38-55-42(51)32-23-17-15-19-25-35-49(36-26-33-48-44-43(47-5)45(52)46(44)53)34-24-18-14-16-22-31-41(50)54-37-39(27-12-8-3)28-13-9-4/h39-40,47-48H,6-38H2,1-5H3. The smallest absolute Gasteiger partial charge is 0.305 e. The molecule has 9 heteroatoms. The van der Waals surface area contributed by atoms with Gasteiger partial charge in [-0.1, -0.05) is 130 Å². The van der Waals surface area contributed by atoms with E-state index in [2.05, 4.69) is 43.2 Å². The van der Waals surface area contributed by atoms with Crippen LogP contribution < -0.4 is 21.5 Å². The van der Waals surface area contributed by atoms with Gasteiger partial charge in [-0.05, 0) is 89.3 Å². The van der Waals surface area contributed by atoms with Gasteiger partial charge in [0, 0.05) is 26.4 Å². The third kappa shape index (κ3) is 25.5. The summed E-state index contributed by atoms with van der Waals surface area (Å²) >= 11 is 0. The molecule has 1 aromatic carbocycles. The first-order valence-electron chi connectivity index (χ1n) is 23.1. The molecular formula is C46H85N3O6. The molecule has 0 unspecified atom stereocenters. The van der Waals surface area contributed by atoms with Gasteiger partial charge in [0.1, 0.15) is 11.4 Å². The SMILES string of the molecule is CCCCCC(CCCCC)COC(=O)CCCCCCCN(CCCCCCCC(=O)OCC(CCCC)CCCC)CCCNc1c(NC)c(=O)c1=O. The summed E-state index contributed by atoms with van der Waals surface area (Å²) < 4.78 is 11.4. The summed E-state index contributed by atoms with van der Waals surface area (Å²) in [6.07, 6.45) is 29.5. The molecule has 0 aliphatic rings. The molecule has 0 spiro atoms. The predicted octanol–water partition coefficient (Wildman–Crippen LogP) is 11.0. The molecule has 0 saturated heterocycles. The Morgan fingerprint density at radius 1 is 0.509 bits per heavy atom. The van der Waals surface area contributed by atoms with Crippen molar-refractivity contribution >= 4 is 23.3 Å². The number of nitrogens with zero attached hydrogens (tertiary/aromatic N) is 1. The van der Waals surface area contributed by atoms with Gasteiger partial charge < -0.3 is 25.0 Å². The highest BCUT2D eigenvalue weighted by molar-refractivity contribution is 5.73. The molecule has 55 heavy (non-hydrogen) atoms. The largest absolute Gasteiger partial charge is 0.465 e. The van der Waals surface area contributed by atoms with Gasteiger partial charge in [-0.2, -0.15) is 0 Å². The summed E-state index contributed by atoms with van der Waals surface area (Å²) in [6, 6.07) is 0. The normalized spacial score (nSPS) is 11.6. The first kappa shape index (κ1) is 50.6. The molecule has 0 saturated carbocycles. The number of nitrogens with one attached hydrogen (secondary N) is 2. The maximum Gasteiger partial charge on any atom is 0.305 e. The molecule has 0 aliphatic carbocycles. The molecule has 1 rings (SSSR count). The number of hydrogen-bond donors (Lipinski definition) is 2. The van der Waals surface area contributed by atoms with E-state index < -0.39 is 10.9 Å². The van der Waals surface area contributed by atoms with Crippen LogP contribution in [0, 0.1) is 11.8 Å². The predicted molar refractivity (Wildman–Crippen MR) is 232 cm³/mol. The summed E-state index contributed by atoms with van der Waals surface area (Å²) in [5.41, 5.74) is -0.0677. The van der Waals surface area contributed by atoms with Gasteiger partial charge in [0.25, 0.3) is 10.9 Å². The van der Waals surface area contributed by atoms with E-state index in [-0.39, 0.29) is 11.9 Å². The lowest BCUT2D eigenvalue weighted by Gasteiger charge is -2.23. The number of ether oxygens (including phenoxy) is 2. The van der Waals surface area contributed by atoms with Gasteiger partial charge >= 0.3 is 11.9 Å². The van der Waals surface area contributed by atoms with Crippen LogP contribution in [0.25, 0.3) is 0 Å². The van der Waals surface area contributed by atoms with E-state index in [4.69, 9.17) is 9.47 Å². The van der Waals surface area contributed by atoms with Crippen LogP contribution in [-0.2, 0) is 19.1 Å². The molecule has 0 aliphatic heterocycles. The maximum atomic E-state index is 12.5. The molecule has 0 aromatic heterocycles. The second kappa shape index (κ2) is 34.8. The quantitative estimate of drug-likeness (QED) is 0.0382. The summed E-state index contributed by atoms with van der Waals surface area (Å²) in [5.74, 6) is 0.948. The number of anilines is 2. The number of rotatable bonds is 40. The van der Waals surface area contributed by atoms with Crippen molar-refractivity contribution in [3.63, 3.8) is 0 Å². The first-order valence-corrected chi connectivity index (χ1v) is 23.1. The lowest BCUT2D eigenvalue weighted by molar-refractivity contribution is -0.146. The van der Waals surface area contributed by atoms with E-state index >= 15 is 0 Å². The highest BCUT2D eigenvalue weighted by Crippen LogP contribution is 2.20. The number of carbonyl (C=O) groups excluding carboxylic acids is 2. The van der Waals surface area contributed by atoms with Gasteiger partial charge in [0.05, 0.1) is 13.2 Å². The fourth-order valence-corrected chi connectivity index (χ4v) is 7.46. The number of hydrogen-bond acceptors (Lipinski definition) is 9. The fraction of sp³-hybridized carbons (Fsp3) is 0.870. The molecule has 1 aromatic rings. The highest BCUT2D eigenvalue weighted by Gasteiger charge is 2.19. The summed E-state index contributed by atoms with van der Waals surface area (Å²) in [5, 5.41) is 6.00. The van der Waals surface area contributed by atoms with Crippen molar-refractivity contribution in [1.29, 1.82) is 0 Å². The van der Waals surface area contributed by atoms with E-state index in [0.717, 1.165) is 103 Å². The Kier molecular flexibility index (Phi) is 32.0. The minimum Gasteiger partial charge on any atom is -0.465 e. The van der Waals surface area contributed by atoms with Gasteiger partial charge in [0.2, 0.25) is 0 Å². The molecule has 320 valence electrons. The van der Waals surface area contributed by atoms with Crippen LogP contribution in [0.5, 0.6) is 0 Å². The van der Waals surface area contributed by atoms with Crippen LogP contribution >= 0.6 is 0 Å². The van der Waals surface area contributed by atoms with Crippen LogP contribution in [0.3, 0.4) is 0 Å². The molecular weight excluding hydrogens is 691 g/mol. The van der Waals surface area contributed by atoms with E-state index in [0.29, 0.717) is 55.8 Å². The topological polar surface area (TPSA) is 114 Å². The van der Waals surface area contributed by atoms with Gasteiger partial charge in [-0.3, -0.25) is 19.2 Å². The Labute approximate surface area is 336 Å². The minimum atomic E-state index is -0.442. The van der Waals surface area contributed by atoms with E-state index in [9.17, 15) is 19.2 Å². The minimum absolute atomic E-state index is 0.0324. The second-order valence-electron chi connectivity index (χ2n) is 16.2. The zero-order chi connectivity index (χ0) is 40.4. The van der Waals surface area contributed by atoms with Crippen molar-refractivity contribution < 1.29 is 19.1 Å². The molecule has 0 atom stereocenters. The van der Waals surface area contributed by atoms with Crippen molar-refractivity contribution in [1.82, 2.24) is 4.90 Å². The van der Waals surface area contributed by atoms with Crippen LogP contribution in [0.1, 0.15) is 201 Å². The van der Waals surface area contributed by atoms with Gasteiger partial charge in [0.15, 0.2) is 0 Å². The Morgan fingerprint density at radius 3 is 1.36 bits per heavy atom. The van der Waals surface area contributed by atoms with Crippen LogP contribution in [0.15, 0.2) is 9.59 Å². The molecule has 2 N–H and O–H groups in total. The molecule has 0 amide bonds. The Hall–Kier alpha value is -2.42. The van der Waals surface area contributed by atoms with Crippen molar-refractivity contribution in [2.75, 3.05) is 57.1 Å². The van der Waals surface area contributed by atoms with Crippen LogP contribution in [0.2, 0.25) is 0 Å². The molecule has 0 radical (unpaired) electrons. The molecule has 0 fully saturated rings. The first-order chi connectivity index (χ1) is 26.8. The van der Waals surface area contributed by atoms with Crippen molar-refractivity contribution in [3.05, 3.63) is 20.4 Å². The van der Waals surface area contributed by atoms with Crippen LogP contribution in [0.4, 0.5) is 11.4 Å². The maximum absolute atomic E-state index is 12.5. The van der Waals surface area contributed by atoms with Crippen molar-refractivity contribution in [2.24, 2.45) is 11.8 Å². The molecule has 0 bridgehead atoms. The Bertz CT molecular complexity index is 1130. The van der Waals surface area contributed by atoms with E-state index in [1.807, 2.05) is 0 Å². The van der Waals surface area contributed by atoms with Crippen molar-refractivity contribution in [2.45, 2.75) is 201 Å². The summed E-state index contributed by atoms with van der Waals surface area (Å²) in [4.78, 5) is 51.0. The van der Waals surface area contributed by atoms with Gasteiger partial charge in [-0.25, -0.2) is 0 Å². The zero-order valence-corrected chi connectivity index (χ0v) is 36.4. The number of unbranched alkanes of at least 4 members (excludes halogenated alkanes) is 14. The fourth-order valence-electron chi connectivity index (χ4n) is 7.46. The Balaban J connectivity index is 2.36. The average Bonchev–Trinajstić information content (AvgIpc) is 3.19. The summed E-state index contributed by atoms with van der Waals surface area (Å²) in [6.45, 7) is 13.7. The van der Waals surface area contributed by atoms with Crippen molar-refractivity contribution in [3.8, 4) is 0 Å². The molecule has 9 nitrogen and oxygen atoms in total. The third-order valence-electron chi connectivity index (χ3n) is 11.1. The molecule has 0 heterocycles. The lowest BCUT2D eigenvalue weighted by atomic mass is 9.96. The average molecular weight is 776 g/mol. The number of carbonyl (C=O) groups is 2. The van der Waals surface area contributed by atoms with Crippen LogP contribution in [-0.4, -0.2) is 63.3 Å². The zero-order valence-electron chi connectivity index (χ0n) is 36.4. The third-order valence-corrected chi connectivity index (χ3v) is 11.1.